The zero-order valence-electron chi connectivity index (χ0n) is 10.3. The summed E-state index contributed by atoms with van der Waals surface area (Å²) in [6, 6.07) is 4.19. The van der Waals surface area contributed by atoms with E-state index < -0.39 is 0 Å². The first-order chi connectivity index (χ1) is 8.02. The standard InChI is InChI=1S/C13H14ClNOS/c1-7-5-8(2)11(16-4)10(6-7)13-15-9(3)12(14)17-13/h5-6H,1-4H3. The summed E-state index contributed by atoms with van der Waals surface area (Å²) in [5, 5.41) is 0.913. The lowest BCUT2D eigenvalue weighted by atomic mass is 10.1. The largest absolute Gasteiger partial charge is 0.496 e. The molecule has 0 unspecified atom stereocenters. The Kier molecular flexibility index (Phi) is 3.40. The van der Waals surface area contributed by atoms with Gasteiger partial charge in [-0.2, -0.15) is 0 Å². The number of halogens is 1. The van der Waals surface area contributed by atoms with Gasteiger partial charge in [0.05, 0.1) is 18.4 Å². The lowest BCUT2D eigenvalue weighted by molar-refractivity contribution is 0.413. The van der Waals surface area contributed by atoms with Crippen LogP contribution in [0.25, 0.3) is 10.6 Å². The van der Waals surface area contributed by atoms with Crippen molar-refractivity contribution in [2.75, 3.05) is 7.11 Å². The molecule has 0 aliphatic rings. The minimum absolute atomic E-state index is 0.737. The Balaban J connectivity index is 2.65. The highest BCUT2D eigenvalue weighted by Crippen LogP contribution is 2.38. The molecule has 2 aromatic rings. The highest BCUT2D eigenvalue weighted by atomic mass is 35.5. The number of hydrogen-bond acceptors (Lipinski definition) is 3. The van der Waals surface area contributed by atoms with Gasteiger partial charge in [-0.05, 0) is 38.0 Å². The van der Waals surface area contributed by atoms with Crippen molar-refractivity contribution in [3.63, 3.8) is 0 Å². The van der Waals surface area contributed by atoms with E-state index in [-0.39, 0.29) is 0 Å². The van der Waals surface area contributed by atoms with Crippen molar-refractivity contribution >= 4 is 22.9 Å². The smallest absolute Gasteiger partial charge is 0.132 e. The van der Waals surface area contributed by atoms with Gasteiger partial charge in [0, 0.05) is 0 Å². The Labute approximate surface area is 110 Å². The summed E-state index contributed by atoms with van der Waals surface area (Å²) in [6.07, 6.45) is 0. The molecule has 0 bridgehead atoms. The molecule has 0 amide bonds. The third-order valence-corrected chi connectivity index (χ3v) is 4.08. The van der Waals surface area contributed by atoms with Crippen LogP contribution < -0.4 is 4.74 Å². The summed E-state index contributed by atoms with van der Waals surface area (Å²) in [5.74, 6) is 0.876. The molecular weight excluding hydrogens is 254 g/mol. The zero-order chi connectivity index (χ0) is 12.6. The summed E-state index contributed by atoms with van der Waals surface area (Å²) in [5.41, 5.74) is 4.20. The Morgan fingerprint density at radius 2 is 1.94 bits per heavy atom. The minimum atomic E-state index is 0.737. The Morgan fingerprint density at radius 1 is 1.24 bits per heavy atom. The van der Waals surface area contributed by atoms with Crippen LogP contribution in [0.15, 0.2) is 12.1 Å². The van der Waals surface area contributed by atoms with Crippen LogP contribution in [-0.4, -0.2) is 12.1 Å². The fourth-order valence-electron chi connectivity index (χ4n) is 1.88. The normalized spacial score (nSPS) is 10.6. The molecule has 0 radical (unpaired) electrons. The van der Waals surface area contributed by atoms with Crippen LogP contribution in [-0.2, 0) is 0 Å². The second kappa shape index (κ2) is 4.67. The van der Waals surface area contributed by atoms with Gasteiger partial charge in [-0.15, -0.1) is 11.3 Å². The van der Waals surface area contributed by atoms with E-state index in [1.54, 1.807) is 7.11 Å². The first-order valence-corrected chi connectivity index (χ1v) is 6.51. The molecule has 2 rings (SSSR count). The molecule has 0 saturated heterocycles. The molecule has 0 saturated carbocycles. The van der Waals surface area contributed by atoms with Crippen molar-refractivity contribution in [1.82, 2.24) is 4.98 Å². The van der Waals surface area contributed by atoms with E-state index in [0.717, 1.165) is 31.9 Å². The third-order valence-electron chi connectivity index (χ3n) is 2.59. The van der Waals surface area contributed by atoms with E-state index in [9.17, 15) is 0 Å². The topological polar surface area (TPSA) is 22.1 Å². The summed E-state index contributed by atoms with van der Waals surface area (Å²) < 4.78 is 6.20. The molecule has 1 aromatic heterocycles. The quantitative estimate of drug-likeness (QED) is 0.805. The predicted octanol–water partition coefficient (Wildman–Crippen LogP) is 4.40. The highest BCUT2D eigenvalue weighted by Gasteiger charge is 2.14. The van der Waals surface area contributed by atoms with Gasteiger partial charge in [0.25, 0.3) is 0 Å². The SMILES string of the molecule is COc1c(C)cc(C)cc1-c1nc(C)c(Cl)s1. The van der Waals surface area contributed by atoms with Crippen molar-refractivity contribution in [3.8, 4) is 16.3 Å². The van der Waals surface area contributed by atoms with Crippen molar-refractivity contribution in [1.29, 1.82) is 0 Å². The molecule has 0 atom stereocenters. The molecule has 0 N–H and O–H groups in total. The molecule has 1 heterocycles. The second-order valence-electron chi connectivity index (χ2n) is 4.04. The van der Waals surface area contributed by atoms with Gasteiger partial charge >= 0.3 is 0 Å². The number of aryl methyl sites for hydroxylation is 3. The summed E-state index contributed by atoms with van der Waals surface area (Å²) in [6.45, 7) is 6.02. The fraction of sp³-hybridized carbons (Fsp3) is 0.308. The van der Waals surface area contributed by atoms with Crippen LogP contribution in [0.2, 0.25) is 4.34 Å². The van der Waals surface area contributed by atoms with Gasteiger partial charge in [0.2, 0.25) is 0 Å². The number of hydrogen-bond donors (Lipinski definition) is 0. The van der Waals surface area contributed by atoms with Crippen molar-refractivity contribution in [3.05, 3.63) is 33.3 Å². The van der Waals surface area contributed by atoms with Crippen molar-refractivity contribution < 1.29 is 4.74 Å². The van der Waals surface area contributed by atoms with Gasteiger partial charge in [-0.25, -0.2) is 4.98 Å². The van der Waals surface area contributed by atoms with Gasteiger partial charge < -0.3 is 4.74 Å². The van der Waals surface area contributed by atoms with Crippen molar-refractivity contribution in [2.45, 2.75) is 20.8 Å². The second-order valence-corrected chi connectivity index (χ2v) is 5.64. The Morgan fingerprint density at radius 3 is 2.47 bits per heavy atom. The predicted molar refractivity (Wildman–Crippen MR) is 73.3 cm³/mol. The van der Waals surface area contributed by atoms with E-state index in [1.165, 1.54) is 16.9 Å². The molecule has 1 aromatic carbocycles. The maximum absolute atomic E-state index is 6.07. The number of nitrogens with zero attached hydrogens (tertiary/aromatic N) is 1. The number of benzene rings is 1. The van der Waals surface area contributed by atoms with Gasteiger partial charge in [0.1, 0.15) is 15.1 Å². The van der Waals surface area contributed by atoms with Crippen LogP contribution in [0.1, 0.15) is 16.8 Å². The molecule has 0 aliphatic carbocycles. The lowest BCUT2D eigenvalue weighted by Crippen LogP contribution is -1.92. The first-order valence-electron chi connectivity index (χ1n) is 5.31. The molecule has 0 spiro atoms. The number of methoxy groups -OCH3 is 1. The summed E-state index contributed by atoms with van der Waals surface area (Å²) in [7, 11) is 1.68. The number of thiazole rings is 1. The molecule has 90 valence electrons. The third kappa shape index (κ3) is 2.31. The maximum atomic E-state index is 6.07. The molecule has 2 nitrogen and oxygen atoms in total. The average molecular weight is 268 g/mol. The van der Waals surface area contributed by atoms with Crippen LogP contribution in [0.3, 0.4) is 0 Å². The monoisotopic (exact) mass is 267 g/mol. The molecule has 0 aliphatic heterocycles. The maximum Gasteiger partial charge on any atom is 0.132 e. The van der Waals surface area contributed by atoms with Crippen LogP contribution in [0.4, 0.5) is 0 Å². The molecule has 0 fully saturated rings. The van der Waals surface area contributed by atoms with Gasteiger partial charge in [0.15, 0.2) is 0 Å². The highest BCUT2D eigenvalue weighted by molar-refractivity contribution is 7.19. The van der Waals surface area contributed by atoms with Gasteiger partial charge in [-0.1, -0.05) is 17.7 Å². The minimum Gasteiger partial charge on any atom is -0.496 e. The van der Waals surface area contributed by atoms with E-state index in [4.69, 9.17) is 16.3 Å². The lowest BCUT2D eigenvalue weighted by Gasteiger charge is -2.10. The van der Waals surface area contributed by atoms with Crippen LogP contribution in [0, 0.1) is 20.8 Å². The van der Waals surface area contributed by atoms with E-state index in [1.807, 2.05) is 13.8 Å². The van der Waals surface area contributed by atoms with Crippen molar-refractivity contribution in [2.24, 2.45) is 0 Å². The molecule has 17 heavy (non-hydrogen) atoms. The van der Waals surface area contributed by atoms with E-state index in [0.29, 0.717) is 0 Å². The Bertz CT molecular complexity index is 543. The van der Waals surface area contributed by atoms with Gasteiger partial charge in [-0.3, -0.25) is 0 Å². The summed E-state index contributed by atoms with van der Waals surface area (Å²) in [4.78, 5) is 4.48. The van der Waals surface area contributed by atoms with Crippen LogP contribution in [0.5, 0.6) is 5.75 Å². The first kappa shape index (κ1) is 12.4. The van der Waals surface area contributed by atoms with Crippen LogP contribution >= 0.6 is 22.9 Å². The zero-order valence-corrected chi connectivity index (χ0v) is 11.9. The number of rotatable bonds is 2. The molecule has 4 heteroatoms. The number of ether oxygens (including phenoxy) is 1. The Hall–Kier alpha value is -1.06. The number of aromatic nitrogens is 1. The average Bonchev–Trinajstić information content (AvgIpc) is 2.58. The summed E-state index contributed by atoms with van der Waals surface area (Å²) >= 11 is 7.56. The van der Waals surface area contributed by atoms with E-state index >= 15 is 0 Å². The van der Waals surface area contributed by atoms with E-state index in [2.05, 4.69) is 24.0 Å². The fourth-order valence-corrected chi connectivity index (χ4v) is 2.95. The molecular formula is C13H14ClNOS.